The van der Waals surface area contributed by atoms with Gasteiger partial charge in [0.2, 0.25) is 0 Å². The van der Waals surface area contributed by atoms with E-state index in [4.69, 9.17) is 11.6 Å². The maximum Gasteiger partial charge on any atom is 0.275 e. The highest BCUT2D eigenvalue weighted by Crippen LogP contribution is 2.23. The fourth-order valence-corrected chi connectivity index (χ4v) is 1.77. The van der Waals surface area contributed by atoms with Crippen LogP contribution in [0.4, 0.5) is 5.69 Å². The minimum absolute atomic E-state index is 0.243. The smallest absolute Gasteiger partial charge is 0.275 e. The molecule has 6 heteroatoms. The van der Waals surface area contributed by atoms with E-state index >= 15 is 0 Å². The summed E-state index contributed by atoms with van der Waals surface area (Å²) in [7, 11) is 0. The molecule has 0 atom stereocenters. The van der Waals surface area contributed by atoms with Crippen LogP contribution in [0.2, 0.25) is 5.02 Å². The molecule has 0 unspecified atom stereocenters. The monoisotopic (exact) mass is 264 g/mol. The zero-order chi connectivity index (χ0) is 13.1. The Morgan fingerprint density at radius 1 is 1.50 bits per heavy atom. The van der Waals surface area contributed by atoms with Crippen LogP contribution in [-0.2, 0) is 6.54 Å². The Balaban J connectivity index is 2.24. The fourth-order valence-electron chi connectivity index (χ4n) is 1.60. The van der Waals surface area contributed by atoms with E-state index in [2.05, 4.69) is 15.6 Å². The summed E-state index contributed by atoms with van der Waals surface area (Å²) in [5.41, 5.74) is 1.95. The summed E-state index contributed by atoms with van der Waals surface area (Å²) in [5, 5.41) is 11.0. The average Bonchev–Trinajstić information content (AvgIpc) is 2.83. The number of carbonyl (C=O) groups is 1. The van der Waals surface area contributed by atoms with Crippen molar-refractivity contribution < 1.29 is 4.79 Å². The van der Waals surface area contributed by atoms with Gasteiger partial charge < -0.3 is 5.32 Å². The van der Waals surface area contributed by atoms with Gasteiger partial charge in [0.25, 0.3) is 5.91 Å². The number of halogens is 1. The highest BCUT2D eigenvalue weighted by atomic mass is 35.5. The summed E-state index contributed by atoms with van der Waals surface area (Å²) in [6.45, 7) is 4.35. The van der Waals surface area contributed by atoms with E-state index in [1.54, 1.807) is 18.2 Å². The SMILES string of the molecule is CCn1nncc1C(=O)Nc1cccc(Cl)c1C. The molecule has 0 saturated carbocycles. The standard InChI is InChI=1S/C12H13ClN4O/c1-3-17-11(7-14-16-17)12(18)15-10-6-4-5-9(13)8(10)2/h4-7H,3H2,1-2H3,(H,15,18). The Morgan fingerprint density at radius 3 is 3.00 bits per heavy atom. The van der Waals surface area contributed by atoms with E-state index in [-0.39, 0.29) is 5.91 Å². The summed E-state index contributed by atoms with van der Waals surface area (Å²) >= 11 is 6.00. The van der Waals surface area contributed by atoms with Gasteiger partial charge in [-0.2, -0.15) is 0 Å². The molecule has 1 amide bonds. The molecule has 0 bridgehead atoms. The maximum atomic E-state index is 12.1. The van der Waals surface area contributed by atoms with Crippen molar-refractivity contribution in [1.82, 2.24) is 15.0 Å². The zero-order valence-electron chi connectivity index (χ0n) is 10.1. The predicted molar refractivity (Wildman–Crippen MR) is 69.8 cm³/mol. The van der Waals surface area contributed by atoms with Crippen LogP contribution in [0.1, 0.15) is 23.0 Å². The lowest BCUT2D eigenvalue weighted by Gasteiger charge is -2.09. The first kappa shape index (κ1) is 12.6. The van der Waals surface area contributed by atoms with Gasteiger partial charge in [-0.15, -0.1) is 5.10 Å². The van der Waals surface area contributed by atoms with Gasteiger partial charge in [-0.25, -0.2) is 4.68 Å². The summed E-state index contributed by atoms with van der Waals surface area (Å²) in [4.78, 5) is 12.1. The van der Waals surface area contributed by atoms with Crippen LogP contribution < -0.4 is 5.32 Å². The first-order valence-corrected chi connectivity index (χ1v) is 5.96. The average molecular weight is 265 g/mol. The van der Waals surface area contributed by atoms with Gasteiger partial charge in [0, 0.05) is 17.3 Å². The first-order chi connectivity index (χ1) is 8.63. The second-order valence-corrected chi connectivity index (χ2v) is 4.21. The number of hydrogen-bond acceptors (Lipinski definition) is 3. The van der Waals surface area contributed by atoms with Crippen molar-refractivity contribution in [1.29, 1.82) is 0 Å². The van der Waals surface area contributed by atoms with Crippen LogP contribution in [-0.4, -0.2) is 20.9 Å². The molecule has 1 aromatic heterocycles. The lowest BCUT2D eigenvalue weighted by atomic mass is 10.2. The molecule has 94 valence electrons. The van der Waals surface area contributed by atoms with Crippen LogP contribution in [0.15, 0.2) is 24.4 Å². The van der Waals surface area contributed by atoms with Gasteiger partial charge in [0.15, 0.2) is 0 Å². The van der Waals surface area contributed by atoms with E-state index in [0.29, 0.717) is 22.9 Å². The molecule has 5 nitrogen and oxygen atoms in total. The molecule has 2 aromatic rings. The summed E-state index contributed by atoms with van der Waals surface area (Å²) in [6, 6.07) is 5.38. The first-order valence-electron chi connectivity index (χ1n) is 5.58. The van der Waals surface area contributed by atoms with E-state index in [0.717, 1.165) is 5.56 Å². The summed E-state index contributed by atoms with van der Waals surface area (Å²) in [6.07, 6.45) is 1.44. The molecule has 18 heavy (non-hydrogen) atoms. The van der Waals surface area contributed by atoms with Crippen LogP contribution in [0.25, 0.3) is 0 Å². The van der Waals surface area contributed by atoms with Gasteiger partial charge in [0.05, 0.1) is 6.20 Å². The molecule has 0 fully saturated rings. The molecule has 0 radical (unpaired) electrons. The minimum Gasteiger partial charge on any atom is -0.320 e. The van der Waals surface area contributed by atoms with E-state index < -0.39 is 0 Å². The number of nitrogens with one attached hydrogen (secondary N) is 1. The Labute approximate surface area is 110 Å². The largest absolute Gasteiger partial charge is 0.320 e. The molecule has 1 aromatic carbocycles. The van der Waals surface area contributed by atoms with Crippen molar-refractivity contribution in [3.05, 3.63) is 40.7 Å². The van der Waals surface area contributed by atoms with Crippen molar-refractivity contribution in [3.8, 4) is 0 Å². The molecule has 1 heterocycles. The van der Waals surface area contributed by atoms with Crippen molar-refractivity contribution in [3.63, 3.8) is 0 Å². The quantitative estimate of drug-likeness (QED) is 0.927. The van der Waals surface area contributed by atoms with Gasteiger partial charge in [0.1, 0.15) is 5.69 Å². The number of nitrogens with zero attached hydrogens (tertiary/aromatic N) is 3. The van der Waals surface area contributed by atoms with Crippen molar-refractivity contribution in [2.75, 3.05) is 5.32 Å². The van der Waals surface area contributed by atoms with E-state index in [9.17, 15) is 4.79 Å². The molecule has 0 aliphatic carbocycles. The third-order valence-electron chi connectivity index (χ3n) is 2.67. The Bertz CT molecular complexity index is 579. The predicted octanol–water partition coefficient (Wildman–Crippen LogP) is 2.51. The molecule has 0 aliphatic rings. The van der Waals surface area contributed by atoms with Crippen molar-refractivity contribution >= 4 is 23.2 Å². The van der Waals surface area contributed by atoms with Crippen molar-refractivity contribution in [2.24, 2.45) is 0 Å². The van der Waals surface area contributed by atoms with Gasteiger partial charge in [-0.05, 0) is 31.5 Å². The number of aromatic nitrogens is 3. The summed E-state index contributed by atoms with van der Waals surface area (Å²) < 4.78 is 1.54. The molecular formula is C12H13ClN4O. The van der Waals surface area contributed by atoms with Gasteiger partial charge in [-0.1, -0.05) is 22.9 Å². The number of rotatable bonds is 3. The van der Waals surface area contributed by atoms with E-state index in [1.165, 1.54) is 10.9 Å². The van der Waals surface area contributed by atoms with Crippen molar-refractivity contribution in [2.45, 2.75) is 20.4 Å². The number of hydrogen-bond donors (Lipinski definition) is 1. The van der Waals surface area contributed by atoms with Crippen LogP contribution in [0.5, 0.6) is 0 Å². The number of anilines is 1. The minimum atomic E-state index is -0.243. The molecule has 1 N–H and O–H groups in total. The van der Waals surface area contributed by atoms with Crippen LogP contribution >= 0.6 is 11.6 Å². The summed E-state index contributed by atoms with van der Waals surface area (Å²) in [5.74, 6) is -0.243. The lowest BCUT2D eigenvalue weighted by molar-refractivity contribution is 0.101. The van der Waals surface area contributed by atoms with Crippen LogP contribution in [0.3, 0.4) is 0 Å². The number of amides is 1. The number of aryl methyl sites for hydroxylation is 1. The number of carbonyl (C=O) groups excluding carboxylic acids is 1. The molecule has 0 aliphatic heterocycles. The number of benzene rings is 1. The van der Waals surface area contributed by atoms with Gasteiger partial charge >= 0.3 is 0 Å². The van der Waals surface area contributed by atoms with Gasteiger partial charge in [-0.3, -0.25) is 4.79 Å². The molecule has 0 saturated heterocycles. The topological polar surface area (TPSA) is 59.8 Å². The second kappa shape index (κ2) is 5.18. The Kier molecular flexibility index (Phi) is 3.62. The lowest BCUT2D eigenvalue weighted by Crippen LogP contribution is -2.17. The molecule has 2 rings (SSSR count). The Morgan fingerprint density at radius 2 is 2.28 bits per heavy atom. The maximum absolute atomic E-state index is 12.1. The molecule has 0 spiro atoms. The molecular weight excluding hydrogens is 252 g/mol. The third kappa shape index (κ3) is 2.36. The fraction of sp³-hybridized carbons (Fsp3) is 0.250. The highest BCUT2D eigenvalue weighted by Gasteiger charge is 2.13. The van der Waals surface area contributed by atoms with E-state index in [1.807, 2.05) is 13.8 Å². The third-order valence-corrected chi connectivity index (χ3v) is 3.08. The highest BCUT2D eigenvalue weighted by molar-refractivity contribution is 6.31. The second-order valence-electron chi connectivity index (χ2n) is 3.80. The zero-order valence-corrected chi connectivity index (χ0v) is 10.9. The normalized spacial score (nSPS) is 10.4. The Hall–Kier alpha value is -1.88. The van der Waals surface area contributed by atoms with Crippen LogP contribution in [0, 0.1) is 6.92 Å².